The molecular weight excluding hydrogens is 405 g/mol. The Morgan fingerprint density at radius 1 is 0.938 bits per heavy atom. The summed E-state index contributed by atoms with van der Waals surface area (Å²) in [7, 11) is 0. The van der Waals surface area contributed by atoms with Crippen LogP contribution in [0.4, 0.5) is 16.0 Å². The smallest absolute Gasteiger partial charge is 0.247 e. The van der Waals surface area contributed by atoms with Crippen LogP contribution in [0.25, 0.3) is 16.9 Å². The minimum atomic E-state index is -0.468. The molecule has 1 aliphatic rings. The van der Waals surface area contributed by atoms with Crippen molar-refractivity contribution in [2.75, 3.05) is 31.6 Å². The van der Waals surface area contributed by atoms with E-state index in [1.807, 2.05) is 54.6 Å². The van der Waals surface area contributed by atoms with E-state index in [0.717, 1.165) is 34.9 Å². The summed E-state index contributed by atoms with van der Waals surface area (Å²) in [4.78, 5) is 7.03. The summed E-state index contributed by atoms with van der Waals surface area (Å²) in [6, 6.07) is 21.1. The van der Waals surface area contributed by atoms with Crippen molar-refractivity contribution in [2.24, 2.45) is 0 Å². The number of nitrogens with one attached hydrogen (secondary N) is 1. The van der Waals surface area contributed by atoms with Gasteiger partial charge < -0.3 is 10.1 Å². The normalized spacial score (nSPS) is 14.2. The average Bonchev–Trinajstić information content (AvgIpc) is 3.49. The van der Waals surface area contributed by atoms with Crippen molar-refractivity contribution in [2.45, 2.75) is 19.5 Å². The van der Waals surface area contributed by atoms with Crippen LogP contribution in [0, 0.1) is 0 Å². The molecule has 0 unspecified atom stereocenters. The van der Waals surface area contributed by atoms with Gasteiger partial charge in [0.25, 0.3) is 0 Å². The highest BCUT2D eigenvalue weighted by atomic mass is 19.1. The van der Waals surface area contributed by atoms with E-state index in [0.29, 0.717) is 18.1 Å². The summed E-state index contributed by atoms with van der Waals surface area (Å²) in [5, 5.41) is 7.89. The minimum Gasteiger partial charge on any atom is -0.492 e. The Labute approximate surface area is 186 Å². The molecule has 1 aliphatic heterocycles. The fourth-order valence-electron chi connectivity index (χ4n) is 4.00. The quantitative estimate of drug-likeness (QED) is 0.421. The molecule has 2 aromatic carbocycles. The van der Waals surface area contributed by atoms with Gasteiger partial charge in [-0.1, -0.05) is 30.3 Å². The first kappa shape index (κ1) is 20.5. The number of fused-ring (bicyclic) bond motifs is 1. The lowest BCUT2D eigenvalue weighted by Crippen LogP contribution is -2.25. The number of nitrogens with zero attached hydrogens (tertiary/aromatic N) is 4. The van der Waals surface area contributed by atoms with Crippen molar-refractivity contribution in [1.29, 1.82) is 0 Å². The monoisotopic (exact) mass is 431 g/mol. The fourth-order valence-corrected chi connectivity index (χ4v) is 4.00. The second kappa shape index (κ2) is 9.36. The third-order valence-corrected chi connectivity index (χ3v) is 5.75. The maximum atomic E-state index is 12.8. The number of likely N-dealkylation sites (tertiary alicyclic amines) is 1. The predicted octanol–water partition coefficient (Wildman–Crippen LogP) is 5.08. The molecule has 0 amide bonds. The van der Waals surface area contributed by atoms with Crippen LogP contribution >= 0.6 is 0 Å². The zero-order valence-corrected chi connectivity index (χ0v) is 17.9. The first-order valence-electron chi connectivity index (χ1n) is 11.0. The number of pyridine rings is 1. The van der Waals surface area contributed by atoms with Gasteiger partial charge in [0.1, 0.15) is 19.0 Å². The van der Waals surface area contributed by atoms with Crippen LogP contribution < -0.4 is 10.1 Å². The Morgan fingerprint density at radius 2 is 1.72 bits per heavy atom. The Hall–Kier alpha value is -3.45. The number of alkyl halides is 1. The van der Waals surface area contributed by atoms with E-state index in [1.165, 1.54) is 25.9 Å². The number of rotatable bonds is 8. The van der Waals surface area contributed by atoms with Crippen LogP contribution in [0.2, 0.25) is 0 Å². The molecule has 0 atom stereocenters. The van der Waals surface area contributed by atoms with Crippen molar-refractivity contribution in [3.63, 3.8) is 0 Å². The highest BCUT2D eigenvalue weighted by Crippen LogP contribution is 2.23. The Kier molecular flexibility index (Phi) is 5.98. The second-order valence-corrected chi connectivity index (χ2v) is 7.99. The van der Waals surface area contributed by atoms with Gasteiger partial charge in [-0.25, -0.2) is 8.91 Å². The highest BCUT2D eigenvalue weighted by molar-refractivity contribution is 5.65. The SMILES string of the molecule is FCc1ccc(-c2cccc3nc(Nc4ccc(OCCN5CCCC5)cc4)nn23)cc1. The molecule has 4 aromatic rings. The first-order chi connectivity index (χ1) is 15.8. The van der Waals surface area contributed by atoms with Crippen LogP contribution in [0.3, 0.4) is 0 Å². The fraction of sp³-hybridized carbons (Fsp3) is 0.280. The third-order valence-electron chi connectivity index (χ3n) is 5.75. The van der Waals surface area contributed by atoms with Crippen LogP contribution in [0.5, 0.6) is 5.75 Å². The first-order valence-corrected chi connectivity index (χ1v) is 11.0. The standard InChI is InChI=1S/C25H26FN5O/c26-18-19-6-8-20(9-7-19)23-4-3-5-24-28-25(29-31(23)24)27-21-10-12-22(13-11-21)32-17-16-30-14-1-2-15-30/h3-13H,1-2,14-18H2,(H,27,29). The van der Waals surface area contributed by atoms with Gasteiger partial charge in [0, 0.05) is 17.8 Å². The van der Waals surface area contributed by atoms with Gasteiger partial charge in [0.15, 0.2) is 5.65 Å². The van der Waals surface area contributed by atoms with Gasteiger partial charge in [0.05, 0.1) is 5.69 Å². The number of aromatic nitrogens is 3. The summed E-state index contributed by atoms with van der Waals surface area (Å²) in [5.41, 5.74) is 4.14. The Bertz CT molecular complexity index is 1170. The molecule has 0 saturated carbocycles. The summed E-state index contributed by atoms with van der Waals surface area (Å²) < 4.78 is 20.5. The van der Waals surface area contributed by atoms with Gasteiger partial charge in [-0.05, 0) is 67.9 Å². The Balaban J connectivity index is 1.26. The molecule has 0 spiro atoms. The highest BCUT2D eigenvalue weighted by Gasteiger charge is 2.11. The molecule has 5 rings (SSSR count). The maximum Gasteiger partial charge on any atom is 0.247 e. The lowest BCUT2D eigenvalue weighted by Gasteiger charge is -2.15. The van der Waals surface area contributed by atoms with Gasteiger partial charge in [-0.15, -0.1) is 5.10 Å². The van der Waals surface area contributed by atoms with Crippen LogP contribution in [-0.4, -0.2) is 45.7 Å². The van der Waals surface area contributed by atoms with Crippen molar-refractivity contribution in [3.05, 3.63) is 72.3 Å². The third kappa shape index (κ3) is 4.57. The Morgan fingerprint density at radius 3 is 2.47 bits per heavy atom. The number of ether oxygens (including phenoxy) is 1. The lowest BCUT2D eigenvalue weighted by molar-refractivity contribution is 0.238. The van der Waals surface area contributed by atoms with Crippen LogP contribution in [0.15, 0.2) is 66.7 Å². The topological polar surface area (TPSA) is 54.7 Å². The molecule has 1 N–H and O–H groups in total. The summed E-state index contributed by atoms with van der Waals surface area (Å²) in [6.07, 6.45) is 2.59. The largest absolute Gasteiger partial charge is 0.492 e. The lowest BCUT2D eigenvalue weighted by atomic mass is 10.1. The molecule has 2 aromatic heterocycles. The van der Waals surface area contributed by atoms with Crippen molar-refractivity contribution in [3.8, 4) is 17.0 Å². The van der Waals surface area contributed by atoms with Gasteiger partial charge in [0.2, 0.25) is 5.95 Å². The molecule has 0 aliphatic carbocycles. The molecule has 32 heavy (non-hydrogen) atoms. The second-order valence-electron chi connectivity index (χ2n) is 7.99. The number of anilines is 2. The van der Waals surface area contributed by atoms with Crippen LogP contribution in [0.1, 0.15) is 18.4 Å². The number of halogens is 1. The summed E-state index contributed by atoms with van der Waals surface area (Å²) in [6.45, 7) is 3.58. The van der Waals surface area contributed by atoms with Crippen LogP contribution in [-0.2, 0) is 6.67 Å². The van der Waals surface area contributed by atoms with Crippen molar-refractivity contribution in [1.82, 2.24) is 19.5 Å². The average molecular weight is 432 g/mol. The molecule has 164 valence electrons. The maximum absolute atomic E-state index is 12.8. The van der Waals surface area contributed by atoms with Gasteiger partial charge in [-0.3, -0.25) is 4.90 Å². The van der Waals surface area contributed by atoms with Gasteiger partial charge in [-0.2, -0.15) is 4.98 Å². The molecule has 7 heteroatoms. The molecule has 0 radical (unpaired) electrons. The van der Waals surface area contributed by atoms with Gasteiger partial charge >= 0.3 is 0 Å². The number of benzene rings is 2. The molecule has 3 heterocycles. The van der Waals surface area contributed by atoms with Crippen molar-refractivity contribution >= 4 is 17.3 Å². The van der Waals surface area contributed by atoms with Crippen molar-refractivity contribution < 1.29 is 9.13 Å². The summed E-state index contributed by atoms with van der Waals surface area (Å²) in [5.74, 6) is 1.37. The van der Waals surface area contributed by atoms with E-state index in [2.05, 4.69) is 20.3 Å². The van der Waals surface area contributed by atoms with E-state index in [4.69, 9.17) is 4.74 Å². The minimum absolute atomic E-state index is 0.468. The van der Waals surface area contributed by atoms with E-state index in [1.54, 1.807) is 16.6 Å². The molecular formula is C25H26FN5O. The molecule has 1 saturated heterocycles. The van der Waals surface area contributed by atoms with E-state index < -0.39 is 6.67 Å². The zero-order chi connectivity index (χ0) is 21.8. The molecule has 0 bridgehead atoms. The molecule has 6 nitrogen and oxygen atoms in total. The molecule has 1 fully saturated rings. The zero-order valence-electron chi connectivity index (χ0n) is 17.9. The number of hydrogen-bond donors (Lipinski definition) is 1. The predicted molar refractivity (Wildman–Crippen MR) is 124 cm³/mol. The van der Waals surface area contributed by atoms with E-state index >= 15 is 0 Å². The van der Waals surface area contributed by atoms with E-state index in [-0.39, 0.29) is 0 Å². The van der Waals surface area contributed by atoms with E-state index in [9.17, 15) is 4.39 Å². The number of hydrogen-bond acceptors (Lipinski definition) is 5. The summed E-state index contributed by atoms with van der Waals surface area (Å²) >= 11 is 0.